The maximum atomic E-state index is 5.66. The molecule has 0 fully saturated rings. The molecule has 0 saturated heterocycles. The van der Waals surface area contributed by atoms with Gasteiger partial charge in [0.1, 0.15) is 0 Å². The van der Waals surface area contributed by atoms with Crippen LogP contribution < -0.4 is 4.91 Å². The molecule has 2 radical (unpaired) electrons. The Morgan fingerprint density at radius 2 is 2.00 bits per heavy atom. The predicted molar refractivity (Wildman–Crippen MR) is 63.7 cm³/mol. The molecule has 1 aromatic carbocycles. The molecule has 2 rings (SSSR count). The number of rotatable bonds is 0. The normalized spacial score (nSPS) is 12.2. The van der Waals surface area contributed by atoms with E-state index in [1.54, 1.807) is 0 Å². The summed E-state index contributed by atoms with van der Waals surface area (Å²) in [7, 11) is 5.66. The summed E-state index contributed by atoms with van der Waals surface area (Å²) in [5.74, 6) is 0. The highest BCUT2D eigenvalue weighted by atomic mass is 32.1. The fourth-order valence-electron chi connectivity index (χ4n) is 1.41. The van der Waals surface area contributed by atoms with Crippen molar-refractivity contribution in [1.82, 2.24) is 4.98 Å². The van der Waals surface area contributed by atoms with Crippen LogP contribution in [0.3, 0.4) is 0 Å². The first-order valence-electron chi connectivity index (χ1n) is 4.63. The van der Waals surface area contributed by atoms with Gasteiger partial charge >= 0.3 is 0 Å². The van der Waals surface area contributed by atoms with Crippen LogP contribution in [-0.4, -0.2) is 12.8 Å². The Labute approximate surface area is 89.6 Å². The topological polar surface area (TPSA) is 12.9 Å². The first-order chi connectivity index (χ1) is 6.47. The van der Waals surface area contributed by atoms with Crippen molar-refractivity contribution in [3.8, 4) is 0 Å². The zero-order valence-electron chi connectivity index (χ0n) is 8.66. The molecule has 1 heterocycles. The monoisotopic (exact) mass is 201 g/mol. The van der Waals surface area contributed by atoms with Crippen LogP contribution in [0.4, 0.5) is 0 Å². The van der Waals surface area contributed by atoms with Crippen LogP contribution in [-0.2, 0) is 5.41 Å². The fourth-order valence-corrected chi connectivity index (χ4v) is 2.13. The number of hydrogen-bond acceptors (Lipinski definition) is 2. The van der Waals surface area contributed by atoms with Gasteiger partial charge in [0.2, 0.25) is 0 Å². The summed E-state index contributed by atoms with van der Waals surface area (Å²) in [4.78, 5) is 4.93. The minimum atomic E-state index is 0.173. The van der Waals surface area contributed by atoms with E-state index in [1.807, 2.05) is 0 Å². The Kier molecular flexibility index (Phi) is 2.15. The molecule has 70 valence electrons. The van der Waals surface area contributed by atoms with Gasteiger partial charge in [-0.3, -0.25) is 4.98 Å². The average molecular weight is 201 g/mol. The summed E-state index contributed by atoms with van der Waals surface area (Å²) in [6.07, 6.45) is 0. The first kappa shape index (κ1) is 9.72. The highest BCUT2D eigenvalue weighted by molar-refractivity contribution is 7.25. The maximum absolute atomic E-state index is 5.66. The van der Waals surface area contributed by atoms with Crippen LogP contribution in [0.25, 0.3) is 10.2 Å². The van der Waals surface area contributed by atoms with Crippen LogP contribution >= 0.6 is 11.3 Å². The van der Waals surface area contributed by atoms with Gasteiger partial charge in [-0.15, -0.1) is 11.3 Å². The summed E-state index contributed by atoms with van der Waals surface area (Å²) in [6.45, 7) is 6.59. The molecule has 0 saturated carbocycles. The van der Waals surface area contributed by atoms with E-state index in [4.69, 9.17) is 7.85 Å². The lowest BCUT2D eigenvalue weighted by Gasteiger charge is -2.18. The molecule has 1 nitrogen and oxygen atoms in total. The molecule has 0 bridgehead atoms. The van der Waals surface area contributed by atoms with Gasteiger partial charge in [-0.2, -0.15) is 0 Å². The van der Waals surface area contributed by atoms with Crippen LogP contribution in [0, 0.1) is 0 Å². The molecule has 3 heteroatoms. The Morgan fingerprint density at radius 3 is 2.64 bits per heavy atom. The molecule has 0 spiro atoms. The number of benzene rings is 1. The highest BCUT2D eigenvalue weighted by Gasteiger charge is 2.14. The van der Waals surface area contributed by atoms with E-state index in [1.165, 1.54) is 16.9 Å². The van der Waals surface area contributed by atoms with E-state index >= 15 is 0 Å². The smallest absolute Gasteiger partial charge is 0.157 e. The van der Waals surface area contributed by atoms with Gasteiger partial charge < -0.3 is 0 Å². The highest BCUT2D eigenvalue weighted by Crippen LogP contribution is 2.26. The molecule has 0 amide bonds. The third-order valence-corrected chi connectivity index (χ3v) is 3.14. The van der Waals surface area contributed by atoms with Crippen molar-refractivity contribution in [2.45, 2.75) is 26.2 Å². The fraction of sp³-hybridized carbons (Fsp3) is 0.364. The molecule has 2 aromatic rings. The SMILES string of the molecule is [B]c1nc2cc(C(C)(C)C)ccc2s1. The molecule has 0 aliphatic heterocycles. The Balaban J connectivity index is 2.62. The third kappa shape index (κ3) is 1.69. The van der Waals surface area contributed by atoms with Crippen LogP contribution in [0.2, 0.25) is 0 Å². The van der Waals surface area contributed by atoms with E-state index in [0.29, 0.717) is 4.91 Å². The average Bonchev–Trinajstić information content (AvgIpc) is 2.41. The van der Waals surface area contributed by atoms with E-state index in [-0.39, 0.29) is 5.41 Å². The maximum Gasteiger partial charge on any atom is 0.157 e. The molecule has 0 aliphatic rings. The molecule has 0 atom stereocenters. The second kappa shape index (κ2) is 3.09. The molecular weight excluding hydrogens is 189 g/mol. The number of aromatic nitrogens is 1. The van der Waals surface area contributed by atoms with Crippen molar-refractivity contribution in [3.05, 3.63) is 23.8 Å². The first-order valence-corrected chi connectivity index (χ1v) is 5.45. The van der Waals surface area contributed by atoms with Crippen molar-refractivity contribution in [2.75, 3.05) is 0 Å². The van der Waals surface area contributed by atoms with Crippen molar-refractivity contribution in [1.29, 1.82) is 0 Å². The van der Waals surface area contributed by atoms with Gasteiger partial charge in [-0.05, 0) is 23.1 Å². The van der Waals surface area contributed by atoms with Gasteiger partial charge in [-0.1, -0.05) is 26.8 Å². The molecule has 14 heavy (non-hydrogen) atoms. The zero-order valence-corrected chi connectivity index (χ0v) is 9.48. The molecular formula is C11H12BNS. The molecule has 0 aliphatic carbocycles. The summed E-state index contributed by atoms with van der Waals surface area (Å²) >= 11 is 1.54. The van der Waals surface area contributed by atoms with Crippen molar-refractivity contribution >= 4 is 34.3 Å². The predicted octanol–water partition coefficient (Wildman–Crippen LogP) is 2.39. The number of nitrogens with zero attached hydrogens (tertiary/aromatic N) is 1. The summed E-state index contributed by atoms with van der Waals surface area (Å²) in [5.41, 5.74) is 2.49. The second-order valence-corrected chi connectivity index (χ2v) is 5.55. The number of thiazole rings is 1. The second-order valence-electron chi connectivity index (χ2n) is 4.48. The van der Waals surface area contributed by atoms with Crippen LogP contribution in [0.15, 0.2) is 18.2 Å². The molecule has 0 N–H and O–H groups in total. The molecule has 1 aromatic heterocycles. The Bertz CT molecular complexity index is 468. The summed E-state index contributed by atoms with van der Waals surface area (Å²) in [5, 5.41) is 0. The van der Waals surface area contributed by atoms with Gasteiger partial charge in [0.15, 0.2) is 7.85 Å². The van der Waals surface area contributed by atoms with Gasteiger partial charge in [0, 0.05) is 4.91 Å². The van der Waals surface area contributed by atoms with Crippen LogP contribution in [0.5, 0.6) is 0 Å². The minimum Gasteiger partial charge on any atom is -0.253 e. The van der Waals surface area contributed by atoms with Gasteiger partial charge in [0.25, 0.3) is 0 Å². The lowest BCUT2D eigenvalue weighted by molar-refractivity contribution is 0.591. The van der Waals surface area contributed by atoms with E-state index < -0.39 is 0 Å². The summed E-state index contributed by atoms with van der Waals surface area (Å²) < 4.78 is 1.16. The molecule has 0 unspecified atom stereocenters. The number of hydrogen-bond donors (Lipinski definition) is 0. The lowest BCUT2D eigenvalue weighted by Crippen LogP contribution is -2.10. The van der Waals surface area contributed by atoms with E-state index in [9.17, 15) is 0 Å². The standard InChI is InChI=1S/C11H12BNS/c1-11(2,3)7-4-5-9-8(6-7)13-10(12)14-9/h4-6H,1-3H3. The van der Waals surface area contributed by atoms with Crippen molar-refractivity contribution in [3.63, 3.8) is 0 Å². The minimum absolute atomic E-state index is 0.173. The third-order valence-electron chi connectivity index (χ3n) is 2.27. The van der Waals surface area contributed by atoms with Gasteiger partial charge in [-0.25, -0.2) is 0 Å². The van der Waals surface area contributed by atoms with E-state index in [0.717, 1.165) is 10.2 Å². The van der Waals surface area contributed by atoms with E-state index in [2.05, 4.69) is 44.0 Å². The summed E-state index contributed by atoms with van der Waals surface area (Å²) in [6, 6.07) is 6.38. The number of fused-ring (bicyclic) bond motifs is 1. The largest absolute Gasteiger partial charge is 0.253 e. The van der Waals surface area contributed by atoms with Crippen molar-refractivity contribution < 1.29 is 0 Å². The Hall–Kier alpha value is -0.825. The Morgan fingerprint density at radius 1 is 1.29 bits per heavy atom. The quantitative estimate of drug-likeness (QED) is 0.596. The lowest BCUT2D eigenvalue weighted by atomic mass is 9.87. The van der Waals surface area contributed by atoms with Crippen LogP contribution in [0.1, 0.15) is 26.3 Å². The van der Waals surface area contributed by atoms with Crippen molar-refractivity contribution in [2.24, 2.45) is 0 Å². The van der Waals surface area contributed by atoms with Gasteiger partial charge in [0.05, 0.1) is 10.2 Å². The zero-order chi connectivity index (χ0) is 10.3.